The van der Waals surface area contributed by atoms with E-state index in [-0.39, 0.29) is 25.0 Å². The summed E-state index contributed by atoms with van der Waals surface area (Å²) in [6.07, 6.45) is -3.17. The molecular formula is C15H15Cl2F3O. The van der Waals surface area contributed by atoms with Gasteiger partial charge in [-0.05, 0) is 37.0 Å². The Morgan fingerprint density at radius 3 is 2.57 bits per heavy atom. The highest BCUT2D eigenvalue weighted by Gasteiger charge is 2.43. The van der Waals surface area contributed by atoms with Crippen LogP contribution in [-0.2, 0) is 11.2 Å². The van der Waals surface area contributed by atoms with Crippen molar-refractivity contribution >= 4 is 29.0 Å². The number of Topliss-reactive ketones (excluding diaryl/α,β-unsaturated/α-hetero) is 1. The monoisotopic (exact) mass is 338 g/mol. The smallest absolute Gasteiger partial charge is 0.299 e. The van der Waals surface area contributed by atoms with Crippen LogP contribution >= 0.6 is 23.2 Å². The first kappa shape index (κ1) is 16.6. The Hall–Kier alpha value is -0.740. The van der Waals surface area contributed by atoms with Gasteiger partial charge in [-0.15, -0.1) is 0 Å². The number of ketones is 1. The third kappa shape index (κ3) is 4.36. The van der Waals surface area contributed by atoms with Crippen LogP contribution in [0, 0.1) is 11.8 Å². The molecule has 0 radical (unpaired) electrons. The number of hydrogen-bond acceptors (Lipinski definition) is 1. The average molecular weight is 339 g/mol. The van der Waals surface area contributed by atoms with Crippen molar-refractivity contribution in [3.05, 3.63) is 33.8 Å². The molecular weight excluding hydrogens is 324 g/mol. The molecule has 6 heteroatoms. The second-order valence-corrected chi connectivity index (χ2v) is 6.32. The summed E-state index contributed by atoms with van der Waals surface area (Å²) in [7, 11) is 0. The minimum atomic E-state index is -4.21. The predicted octanol–water partition coefficient (Wildman–Crippen LogP) is 5.47. The van der Waals surface area contributed by atoms with Gasteiger partial charge >= 0.3 is 6.18 Å². The van der Waals surface area contributed by atoms with Gasteiger partial charge in [0.15, 0.2) is 0 Å². The molecule has 0 N–H and O–H groups in total. The maximum Gasteiger partial charge on any atom is 0.391 e. The summed E-state index contributed by atoms with van der Waals surface area (Å²) in [4.78, 5) is 12.2. The van der Waals surface area contributed by atoms with E-state index in [2.05, 4.69) is 0 Å². The third-order valence-corrected chi connectivity index (χ3v) is 4.56. The third-order valence-electron chi connectivity index (χ3n) is 3.97. The molecule has 2 rings (SSSR count). The van der Waals surface area contributed by atoms with Crippen LogP contribution in [0.2, 0.25) is 10.0 Å². The van der Waals surface area contributed by atoms with E-state index < -0.39 is 18.0 Å². The van der Waals surface area contributed by atoms with Gasteiger partial charge in [-0.25, -0.2) is 0 Å². The zero-order valence-electron chi connectivity index (χ0n) is 11.2. The number of halogens is 5. The lowest BCUT2D eigenvalue weighted by molar-refractivity contribution is -0.186. The van der Waals surface area contributed by atoms with E-state index in [4.69, 9.17) is 23.2 Å². The molecule has 1 nitrogen and oxygen atoms in total. The Kier molecular flexibility index (Phi) is 5.20. The van der Waals surface area contributed by atoms with Crippen molar-refractivity contribution in [3.8, 4) is 0 Å². The summed E-state index contributed by atoms with van der Waals surface area (Å²) in [6, 6.07) is 4.80. The molecule has 0 aliphatic heterocycles. The van der Waals surface area contributed by atoms with Gasteiger partial charge in [-0.1, -0.05) is 35.7 Å². The highest BCUT2D eigenvalue weighted by Crippen LogP contribution is 2.40. The van der Waals surface area contributed by atoms with Crippen molar-refractivity contribution in [3.63, 3.8) is 0 Å². The number of carbonyl (C=O) groups is 1. The van der Waals surface area contributed by atoms with Gasteiger partial charge in [-0.2, -0.15) is 13.2 Å². The number of benzene rings is 1. The fourth-order valence-corrected chi connectivity index (χ4v) is 3.25. The molecule has 2 atom stereocenters. The van der Waals surface area contributed by atoms with Crippen molar-refractivity contribution in [1.29, 1.82) is 0 Å². The summed E-state index contributed by atoms with van der Waals surface area (Å²) in [5, 5.41) is 0.838. The van der Waals surface area contributed by atoms with E-state index in [9.17, 15) is 18.0 Å². The van der Waals surface area contributed by atoms with Crippen LogP contribution in [0.5, 0.6) is 0 Å². The van der Waals surface area contributed by atoms with E-state index in [1.807, 2.05) is 0 Å². The molecule has 0 aromatic heterocycles. The minimum Gasteiger partial charge on any atom is -0.299 e. The SMILES string of the molecule is O=C(Cc1ccc(Cl)cc1Cl)C1CCCC(C(F)(F)F)C1. The topological polar surface area (TPSA) is 17.1 Å². The predicted molar refractivity (Wildman–Crippen MR) is 76.7 cm³/mol. The van der Waals surface area contributed by atoms with Crippen LogP contribution in [0.25, 0.3) is 0 Å². The van der Waals surface area contributed by atoms with Crippen molar-refractivity contribution in [2.75, 3.05) is 0 Å². The lowest BCUT2D eigenvalue weighted by atomic mass is 9.78. The van der Waals surface area contributed by atoms with Crippen LogP contribution in [0.3, 0.4) is 0 Å². The zero-order valence-corrected chi connectivity index (χ0v) is 12.7. The second kappa shape index (κ2) is 6.57. The molecule has 0 saturated heterocycles. The first-order chi connectivity index (χ1) is 9.77. The van der Waals surface area contributed by atoms with Gasteiger partial charge < -0.3 is 0 Å². The molecule has 1 aliphatic rings. The van der Waals surface area contributed by atoms with Crippen LogP contribution in [-0.4, -0.2) is 12.0 Å². The number of carbonyl (C=O) groups excluding carboxylic acids is 1. The Bertz CT molecular complexity index is 528. The summed E-state index contributed by atoms with van der Waals surface area (Å²) < 4.78 is 38.3. The maximum atomic E-state index is 12.8. The van der Waals surface area contributed by atoms with E-state index in [1.54, 1.807) is 12.1 Å². The Labute approximate surface area is 131 Å². The molecule has 0 amide bonds. The standard InChI is InChI=1S/C15H15Cl2F3O/c16-12-5-4-9(13(17)8-12)7-14(21)10-2-1-3-11(6-10)15(18,19)20/h4-5,8,10-11H,1-3,6-7H2. The van der Waals surface area contributed by atoms with Crippen molar-refractivity contribution in [2.45, 2.75) is 38.3 Å². The number of alkyl halides is 3. The molecule has 2 unspecified atom stereocenters. The highest BCUT2D eigenvalue weighted by atomic mass is 35.5. The van der Waals surface area contributed by atoms with Gasteiger partial charge in [-0.3, -0.25) is 4.79 Å². The summed E-state index contributed by atoms with van der Waals surface area (Å²) in [5.41, 5.74) is 0.611. The van der Waals surface area contributed by atoms with Crippen molar-refractivity contribution in [2.24, 2.45) is 11.8 Å². The molecule has 1 saturated carbocycles. The molecule has 1 aromatic rings. The minimum absolute atomic E-state index is 0.0608. The van der Waals surface area contributed by atoms with Gasteiger partial charge in [0.25, 0.3) is 0 Å². The summed E-state index contributed by atoms with van der Waals surface area (Å²) in [5.74, 6) is -2.06. The quantitative estimate of drug-likeness (QED) is 0.713. The fourth-order valence-electron chi connectivity index (χ4n) is 2.78. The Morgan fingerprint density at radius 2 is 1.95 bits per heavy atom. The number of hydrogen-bond donors (Lipinski definition) is 0. The lowest BCUT2D eigenvalue weighted by Gasteiger charge is -2.29. The fraction of sp³-hybridized carbons (Fsp3) is 0.533. The molecule has 0 bridgehead atoms. The van der Waals surface area contributed by atoms with Crippen molar-refractivity contribution in [1.82, 2.24) is 0 Å². The van der Waals surface area contributed by atoms with E-state index >= 15 is 0 Å². The van der Waals surface area contributed by atoms with Crippen LogP contribution in [0.1, 0.15) is 31.2 Å². The largest absolute Gasteiger partial charge is 0.391 e. The van der Waals surface area contributed by atoms with Gasteiger partial charge in [0.1, 0.15) is 5.78 Å². The van der Waals surface area contributed by atoms with Crippen LogP contribution in [0.4, 0.5) is 13.2 Å². The van der Waals surface area contributed by atoms with Gasteiger partial charge in [0.2, 0.25) is 0 Å². The maximum absolute atomic E-state index is 12.8. The van der Waals surface area contributed by atoms with Gasteiger partial charge in [0, 0.05) is 22.4 Å². The molecule has 21 heavy (non-hydrogen) atoms. The average Bonchev–Trinajstić information content (AvgIpc) is 2.41. The van der Waals surface area contributed by atoms with Gasteiger partial charge in [0.05, 0.1) is 5.92 Å². The van der Waals surface area contributed by atoms with Crippen LogP contribution < -0.4 is 0 Å². The molecule has 1 fully saturated rings. The first-order valence-corrected chi connectivity index (χ1v) is 7.56. The lowest BCUT2D eigenvalue weighted by Crippen LogP contribution is -2.32. The molecule has 1 aliphatic carbocycles. The Morgan fingerprint density at radius 1 is 1.24 bits per heavy atom. The summed E-state index contributed by atoms with van der Waals surface area (Å²) in [6.45, 7) is 0. The zero-order chi connectivity index (χ0) is 15.6. The van der Waals surface area contributed by atoms with Crippen LogP contribution in [0.15, 0.2) is 18.2 Å². The Balaban J connectivity index is 2.03. The van der Waals surface area contributed by atoms with E-state index in [0.29, 0.717) is 28.5 Å². The van der Waals surface area contributed by atoms with E-state index in [0.717, 1.165) is 0 Å². The summed E-state index contributed by atoms with van der Waals surface area (Å²) >= 11 is 11.8. The molecule has 0 spiro atoms. The normalized spacial score (nSPS) is 23.1. The van der Waals surface area contributed by atoms with Crippen molar-refractivity contribution < 1.29 is 18.0 Å². The molecule has 1 aromatic carbocycles. The highest BCUT2D eigenvalue weighted by molar-refractivity contribution is 6.35. The number of rotatable bonds is 3. The second-order valence-electron chi connectivity index (χ2n) is 5.48. The first-order valence-electron chi connectivity index (χ1n) is 6.80. The molecule has 116 valence electrons. The van der Waals surface area contributed by atoms with E-state index in [1.165, 1.54) is 6.07 Å². The molecule has 0 heterocycles.